The van der Waals surface area contributed by atoms with Crippen molar-refractivity contribution in [2.24, 2.45) is 5.92 Å². The Labute approximate surface area is 157 Å². The van der Waals surface area contributed by atoms with E-state index in [1.54, 1.807) is 28.0 Å². The first-order chi connectivity index (χ1) is 11.9. The number of amides is 2. The van der Waals surface area contributed by atoms with Crippen LogP contribution in [0.5, 0.6) is 5.75 Å². The number of piperazine rings is 1. The number of hydrogen-bond donors (Lipinski definition) is 0. The van der Waals surface area contributed by atoms with E-state index in [0.717, 1.165) is 0 Å². The number of hydrogen-bond acceptors (Lipinski definition) is 4. The Morgan fingerprint density at radius 1 is 1.12 bits per heavy atom. The van der Waals surface area contributed by atoms with E-state index in [0.29, 0.717) is 54.5 Å². The Hall–Kier alpha value is -1.66. The summed E-state index contributed by atoms with van der Waals surface area (Å²) in [5, 5.41) is 0.863. The Morgan fingerprint density at radius 3 is 2.36 bits per heavy atom. The van der Waals surface area contributed by atoms with Crippen LogP contribution in [0.1, 0.15) is 13.8 Å². The molecule has 25 heavy (non-hydrogen) atoms. The molecular weight excluding hydrogens is 367 g/mol. The van der Waals surface area contributed by atoms with Gasteiger partial charge in [-0.2, -0.15) is 0 Å². The summed E-state index contributed by atoms with van der Waals surface area (Å²) in [5.74, 6) is 0.556. The van der Waals surface area contributed by atoms with Crippen LogP contribution in [0, 0.1) is 5.92 Å². The molecule has 8 heteroatoms. The van der Waals surface area contributed by atoms with Gasteiger partial charge in [0, 0.05) is 31.2 Å². The summed E-state index contributed by atoms with van der Waals surface area (Å²) in [7, 11) is 0. The van der Waals surface area contributed by atoms with Crippen LogP contribution in [0.15, 0.2) is 18.2 Å². The Bertz CT molecular complexity index is 617. The molecule has 1 aliphatic heterocycles. The third-order valence-electron chi connectivity index (χ3n) is 3.68. The van der Waals surface area contributed by atoms with Gasteiger partial charge in [0.1, 0.15) is 5.75 Å². The monoisotopic (exact) mass is 388 g/mol. The second-order valence-corrected chi connectivity index (χ2v) is 7.05. The van der Waals surface area contributed by atoms with Crippen molar-refractivity contribution < 1.29 is 19.1 Å². The number of rotatable bonds is 5. The lowest BCUT2D eigenvalue weighted by molar-refractivity contribution is -0.134. The Kier molecular flexibility index (Phi) is 7.20. The van der Waals surface area contributed by atoms with Crippen LogP contribution in [0.2, 0.25) is 10.0 Å². The summed E-state index contributed by atoms with van der Waals surface area (Å²) >= 11 is 11.8. The van der Waals surface area contributed by atoms with Crippen molar-refractivity contribution >= 4 is 35.2 Å². The topological polar surface area (TPSA) is 59.1 Å². The third-order valence-corrected chi connectivity index (χ3v) is 4.21. The van der Waals surface area contributed by atoms with Gasteiger partial charge in [-0.1, -0.05) is 37.0 Å². The Balaban J connectivity index is 1.76. The van der Waals surface area contributed by atoms with Gasteiger partial charge in [-0.25, -0.2) is 4.79 Å². The molecule has 6 nitrogen and oxygen atoms in total. The molecule has 1 aromatic rings. The summed E-state index contributed by atoms with van der Waals surface area (Å²) in [6, 6.07) is 4.83. The fraction of sp³-hybridized carbons (Fsp3) is 0.529. The predicted molar refractivity (Wildman–Crippen MR) is 96.3 cm³/mol. The van der Waals surface area contributed by atoms with Crippen molar-refractivity contribution in [1.29, 1.82) is 0 Å². The van der Waals surface area contributed by atoms with Crippen LogP contribution in [-0.4, -0.2) is 61.2 Å². The standard InChI is InChI=1S/C17H22Cl2N2O4/c1-12(2)10-25-17(23)21-7-5-20(6-8-21)16(22)11-24-15-4-3-13(18)9-14(15)19/h3-4,9,12H,5-8,10-11H2,1-2H3. The largest absolute Gasteiger partial charge is 0.482 e. The number of benzene rings is 1. The molecular formula is C17H22Cl2N2O4. The Morgan fingerprint density at radius 2 is 1.76 bits per heavy atom. The molecule has 1 fully saturated rings. The molecule has 0 aromatic heterocycles. The second-order valence-electron chi connectivity index (χ2n) is 6.20. The highest BCUT2D eigenvalue weighted by Crippen LogP contribution is 2.27. The lowest BCUT2D eigenvalue weighted by Crippen LogP contribution is -2.51. The van der Waals surface area contributed by atoms with E-state index in [2.05, 4.69) is 0 Å². The molecule has 0 atom stereocenters. The lowest BCUT2D eigenvalue weighted by Gasteiger charge is -2.34. The van der Waals surface area contributed by atoms with Crippen molar-refractivity contribution in [3.63, 3.8) is 0 Å². The SMILES string of the molecule is CC(C)COC(=O)N1CCN(C(=O)COc2ccc(Cl)cc2Cl)CC1. The molecule has 0 spiro atoms. The van der Waals surface area contributed by atoms with Crippen LogP contribution in [0.4, 0.5) is 4.79 Å². The molecule has 0 saturated carbocycles. The zero-order valence-electron chi connectivity index (χ0n) is 14.3. The lowest BCUT2D eigenvalue weighted by atomic mass is 10.2. The van der Waals surface area contributed by atoms with Gasteiger partial charge in [0.15, 0.2) is 6.61 Å². The molecule has 0 unspecified atom stereocenters. The van der Waals surface area contributed by atoms with Gasteiger partial charge in [0.25, 0.3) is 5.91 Å². The smallest absolute Gasteiger partial charge is 0.409 e. The molecule has 1 saturated heterocycles. The molecule has 1 aromatic carbocycles. The highest BCUT2D eigenvalue weighted by atomic mass is 35.5. The minimum absolute atomic E-state index is 0.112. The average Bonchev–Trinajstić information content (AvgIpc) is 2.58. The average molecular weight is 389 g/mol. The number of carbonyl (C=O) groups excluding carboxylic acids is 2. The fourth-order valence-electron chi connectivity index (χ4n) is 2.29. The van der Waals surface area contributed by atoms with Gasteiger partial charge in [0.05, 0.1) is 11.6 Å². The van der Waals surface area contributed by atoms with Crippen LogP contribution in [0.25, 0.3) is 0 Å². The quantitative estimate of drug-likeness (QED) is 0.776. The van der Waals surface area contributed by atoms with Gasteiger partial charge >= 0.3 is 6.09 Å². The number of ether oxygens (including phenoxy) is 2. The molecule has 2 amide bonds. The molecule has 0 radical (unpaired) electrons. The van der Waals surface area contributed by atoms with E-state index in [1.807, 2.05) is 13.8 Å². The molecule has 0 bridgehead atoms. The normalized spacial score (nSPS) is 14.6. The van der Waals surface area contributed by atoms with Crippen molar-refractivity contribution in [2.75, 3.05) is 39.4 Å². The molecule has 138 valence electrons. The van der Waals surface area contributed by atoms with Gasteiger partial charge in [-0.3, -0.25) is 4.79 Å². The van der Waals surface area contributed by atoms with Gasteiger partial charge < -0.3 is 19.3 Å². The van der Waals surface area contributed by atoms with Crippen LogP contribution in [0.3, 0.4) is 0 Å². The summed E-state index contributed by atoms with van der Waals surface area (Å²) in [5.41, 5.74) is 0. The molecule has 2 rings (SSSR count). The highest BCUT2D eigenvalue weighted by Gasteiger charge is 2.25. The zero-order chi connectivity index (χ0) is 18.4. The van der Waals surface area contributed by atoms with E-state index in [9.17, 15) is 9.59 Å². The minimum Gasteiger partial charge on any atom is -0.482 e. The fourth-order valence-corrected chi connectivity index (χ4v) is 2.75. The molecule has 1 aliphatic rings. The van der Waals surface area contributed by atoms with E-state index in [1.165, 1.54) is 0 Å². The van der Waals surface area contributed by atoms with Gasteiger partial charge in [0.2, 0.25) is 0 Å². The van der Waals surface area contributed by atoms with Crippen LogP contribution < -0.4 is 4.74 Å². The first-order valence-corrected chi connectivity index (χ1v) is 8.89. The highest BCUT2D eigenvalue weighted by molar-refractivity contribution is 6.35. The summed E-state index contributed by atoms with van der Waals surface area (Å²) < 4.78 is 10.7. The summed E-state index contributed by atoms with van der Waals surface area (Å²) in [6.45, 7) is 6.05. The molecule has 1 heterocycles. The number of nitrogens with zero attached hydrogens (tertiary/aromatic N) is 2. The summed E-state index contributed by atoms with van der Waals surface area (Å²) in [4.78, 5) is 27.4. The van der Waals surface area contributed by atoms with E-state index in [4.69, 9.17) is 32.7 Å². The van der Waals surface area contributed by atoms with Crippen molar-refractivity contribution in [2.45, 2.75) is 13.8 Å². The van der Waals surface area contributed by atoms with Crippen LogP contribution >= 0.6 is 23.2 Å². The van der Waals surface area contributed by atoms with Gasteiger partial charge in [-0.05, 0) is 24.1 Å². The maximum absolute atomic E-state index is 12.2. The van der Waals surface area contributed by atoms with Gasteiger partial charge in [-0.15, -0.1) is 0 Å². The number of carbonyl (C=O) groups is 2. The van der Waals surface area contributed by atoms with Crippen molar-refractivity contribution in [3.05, 3.63) is 28.2 Å². The van der Waals surface area contributed by atoms with Crippen molar-refractivity contribution in [1.82, 2.24) is 9.80 Å². The van der Waals surface area contributed by atoms with E-state index >= 15 is 0 Å². The molecule has 0 N–H and O–H groups in total. The summed E-state index contributed by atoms with van der Waals surface area (Å²) in [6.07, 6.45) is -0.329. The third kappa shape index (κ3) is 5.97. The first-order valence-electron chi connectivity index (χ1n) is 8.14. The number of halogens is 2. The molecule has 0 aliphatic carbocycles. The van der Waals surface area contributed by atoms with E-state index < -0.39 is 0 Å². The second kappa shape index (κ2) is 9.15. The zero-order valence-corrected chi connectivity index (χ0v) is 15.8. The first kappa shape index (κ1) is 19.7. The van der Waals surface area contributed by atoms with Crippen molar-refractivity contribution in [3.8, 4) is 5.75 Å². The maximum atomic E-state index is 12.2. The maximum Gasteiger partial charge on any atom is 0.409 e. The predicted octanol–water partition coefficient (Wildman–Crippen LogP) is 3.31. The van der Waals surface area contributed by atoms with E-state index in [-0.39, 0.29) is 18.6 Å². The minimum atomic E-state index is -0.329. The van der Waals surface area contributed by atoms with Crippen LogP contribution in [-0.2, 0) is 9.53 Å².